The number of hydrogen-bond acceptors (Lipinski definition) is 3. The molecule has 2 fully saturated rings. The van der Waals surface area contributed by atoms with Crippen molar-refractivity contribution >= 4 is 23.5 Å². The summed E-state index contributed by atoms with van der Waals surface area (Å²) in [4.78, 5) is 29.9. The molecule has 0 aliphatic carbocycles. The molecule has 2 heterocycles. The molecule has 6 nitrogen and oxygen atoms in total. The average Bonchev–Trinajstić information content (AvgIpc) is 2.69. The van der Waals surface area contributed by atoms with Crippen molar-refractivity contribution in [2.45, 2.75) is 38.6 Å². The van der Waals surface area contributed by atoms with Crippen molar-refractivity contribution in [3.63, 3.8) is 0 Å². The molecule has 2 aliphatic heterocycles. The first kappa shape index (κ1) is 20.0. The molecule has 1 aromatic rings. The van der Waals surface area contributed by atoms with Crippen LogP contribution in [0.4, 0.5) is 4.79 Å². The average molecular weight is 393 g/mol. The van der Waals surface area contributed by atoms with E-state index in [1.54, 1.807) is 4.90 Å². The van der Waals surface area contributed by atoms with Gasteiger partial charge in [0, 0.05) is 56.8 Å². The first-order valence-electron chi connectivity index (χ1n) is 9.75. The van der Waals surface area contributed by atoms with Gasteiger partial charge in [-0.05, 0) is 43.4 Å². The van der Waals surface area contributed by atoms with E-state index in [0.717, 1.165) is 61.6 Å². The van der Waals surface area contributed by atoms with Crippen LogP contribution in [0.2, 0.25) is 5.02 Å². The highest BCUT2D eigenvalue weighted by atomic mass is 35.5. The molecule has 2 saturated heterocycles. The summed E-state index contributed by atoms with van der Waals surface area (Å²) in [5.74, 6) is 0.236. The van der Waals surface area contributed by atoms with Gasteiger partial charge >= 0.3 is 6.03 Å². The Morgan fingerprint density at radius 3 is 2.33 bits per heavy atom. The van der Waals surface area contributed by atoms with Crippen LogP contribution in [0.3, 0.4) is 0 Å². The van der Waals surface area contributed by atoms with Gasteiger partial charge in [-0.2, -0.15) is 0 Å². The number of nitrogens with zero attached hydrogens (tertiary/aromatic N) is 3. The van der Waals surface area contributed by atoms with Crippen molar-refractivity contribution in [3.8, 4) is 0 Å². The minimum atomic E-state index is -0.328. The zero-order valence-electron chi connectivity index (χ0n) is 16.0. The van der Waals surface area contributed by atoms with Crippen LogP contribution < -0.4 is 5.73 Å². The van der Waals surface area contributed by atoms with Crippen molar-refractivity contribution in [1.82, 2.24) is 14.7 Å². The van der Waals surface area contributed by atoms with Crippen molar-refractivity contribution in [2.75, 3.05) is 39.3 Å². The predicted molar refractivity (Wildman–Crippen MR) is 107 cm³/mol. The number of urea groups is 1. The van der Waals surface area contributed by atoms with Crippen LogP contribution in [0, 0.1) is 6.92 Å². The van der Waals surface area contributed by atoms with E-state index in [0.29, 0.717) is 25.6 Å². The van der Waals surface area contributed by atoms with Crippen LogP contribution in [-0.4, -0.2) is 71.9 Å². The number of piperazine rings is 1. The van der Waals surface area contributed by atoms with Gasteiger partial charge in [0.05, 0.1) is 0 Å². The molecule has 148 valence electrons. The van der Waals surface area contributed by atoms with E-state index < -0.39 is 0 Å². The van der Waals surface area contributed by atoms with Gasteiger partial charge in [0.2, 0.25) is 5.91 Å². The first-order chi connectivity index (χ1) is 12.9. The number of amides is 3. The summed E-state index contributed by atoms with van der Waals surface area (Å²) < 4.78 is 0. The lowest BCUT2D eigenvalue weighted by Gasteiger charge is -2.42. The number of primary amides is 1. The number of halogens is 1. The van der Waals surface area contributed by atoms with Crippen molar-refractivity contribution in [1.29, 1.82) is 0 Å². The second kappa shape index (κ2) is 8.93. The van der Waals surface area contributed by atoms with Gasteiger partial charge in [-0.25, -0.2) is 4.79 Å². The number of likely N-dealkylation sites (tertiary alicyclic amines) is 1. The van der Waals surface area contributed by atoms with Crippen LogP contribution in [0.5, 0.6) is 0 Å². The Bertz CT molecular complexity index is 681. The summed E-state index contributed by atoms with van der Waals surface area (Å²) in [7, 11) is 0. The minimum Gasteiger partial charge on any atom is -0.351 e. The molecule has 3 rings (SSSR count). The third kappa shape index (κ3) is 5.14. The Balaban J connectivity index is 1.41. The molecule has 0 aromatic heterocycles. The molecule has 7 heteroatoms. The zero-order chi connectivity index (χ0) is 19.4. The molecule has 3 amide bonds. The highest BCUT2D eigenvalue weighted by Crippen LogP contribution is 2.20. The Kier molecular flexibility index (Phi) is 6.60. The van der Waals surface area contributed by atoms with E-state index in [9.17, 15) is 9.59 Å². The molecule has 0 atom stereocenters. The maximum atomic E-state index is 12.6. The molecule has 0 unspecified atom stereocenters. The number of aryl methyl sites for hydroxylation is 2. The van der Waals surface area contributed by atoms with Gasteiger partial charge in [0.1, 0.15) is 0 Å². The molecule has 0 bridgehead atoms. The maximum Gasteiger partial charge on any atom is 0.314 e. The molecular weight excluding hydrogens is 364 g/mol. The molecule has 0 saturated carbocycles. The largest absolute Gasteiger partial charge is 0.351 e. The Morgan fingerprint density at radius 2 is 1.74 bits per heavy atom. The van der Waals surface area contributed by atoms with Gasteiger partial charge in [-0.3, -0.25) is 9.69 Å². The number of carbonyl (C=O) groups excluding carboxylic acids is 2. The standard InChI is InChI=1S/C20H29ClN4O2/c1-15-14-16(2-4-18(15)21)3-5-19(26)24-8-6-17(7-9-24)23-10-12-25(13-11-23)20(22)27/h2,4,14,17H,3,5-13H2,1H3,(H2,22,27). The molecular formula is C20H29ClN4O2. The van der Waals surface area contributed by atoms with E-state index >= 15 is 0 Å². The van der Waals surface area contributed by atoms with E-state index in [1.807, 2.05) is 24.0 Å². The number of nitrogens with two attached hydrogens (primary N) is 1. The minimum absolute atomic E-state index is 0.236. The smallest absolute Gasteiger partial charge is 0.314 e. The van der Waals surface area contributed by atoms with E-state index in [1.165, 1.54) is 0 Å². The summed E-state index contributed by atoms with van der Waals surface area (Å²) >= 11 is 6.06. The molecule has 2 aliphatic rings. The van der Waals surface area contributed by atoms with Crippen LogP contribution in [0.1, 0.15) is 30.4 Å². The van der Waals surface area contributed by atoms with E-state index in [2.05, 4.69) is 11.0 Å². The van der Waals surface area contributed by atoms with Gasteiger partial charge < -0.3 is 15.5 Å². The molecule has 0 spiro atoms. The van der Waals surface area contributed by atoms with Gasteiger partial charge in [0.15, 0.2) is 0 Å². The highest BCUT2D eigenvalue weighted by Gasteiger charge is 2.29. The van der Waals surface area contributed by atoms with Crippen molar-refractivity contribution in [3.05, 3.63) is 34.3 Å². The third-order valence-electron chi connectivity index (χ3n) is 5.81. The number of carbonyl (C=O) groups is 2. The summed E-state index contributed by atoms with van der Waals surface area (Å²) in [5.41, 5.74) is 7.56. The molecule has 2 N–H and O–H groups in total. The van der Waals surface area contributed by atoms with Crippen LogP contribution in [0.15, 0.2) is 18.2 Å². The van der Waals surface area contributed by atoms with Crippen molar-refractivity contribution < 1.29 is 9.59 Å². The zero-order valence-corrected chi connectivity index (χ0v) is 16.7. The number of rotatable bonds is 4. The number of hydrogen-bond donors (Lipinski definition) is 1. The summed E-state index contributed by atoms with van der Waals surface area (Å²) in [6.07, 6.45) is 3.31. The van der Waals surface area contributed by atoms with Gasteiger partial charge in [-0.15, -0.1) is 0 Å². The third-order valence-corrected chi connectivity index (χ3v) is 6.23. The topological polar surface area (TPSA) is 69.9 Å². The molecule has 0 radical (unpaired) electrons. The predicted octanol–water partition coefficient (Wildman–Crippen LogP) is 2.27. The molecule has 27 heavy (non-hydrogen) atoms. The SMILES string of the molecule is Cc1cc(CCC(=O)N2CCC(N3CCN(C(N)=O)CC3)CC2)ccc1Cl. The fraction of sp³-hybridized carbons (Fsp3) is 0.600. The second-order valence-corrected chi connectivity index (χ2v) is 7.96. The lowest BCUT2D eigenvalue weighted by Crippen LogP contribution is -2.55. The summed E-state index contributed by atoms with van der Waals surface area (Å²) in [6, 6.07) is 6.14. The summed E-state index contributed by atoms with van der Waals surface area (Å²) in [6.45, 7) is 6.78. The Labute approximate surface area is 166 Å². The van der Waals surface area contributed by atoms with E-state index in [-0.39, 0.29) is 11.9 Å². The van der Waals surface area contributed by atoms with Gasteiger partial charge in [-0.1, -0.05) is 23.7 Å². The molecule has 1 aromatic carbocycles. The first-order valence-corrected chi connectivity index (χ1v) is 10.1. The van der Waals surface area contributed by atoms with E-state index in [4.69, 9.17) is 17.3 Å². The highest BCUT2D eigenvalue weighted by molar-refractivity contribution is 6.31. The van der Waals surface area contributed by atoms with Crippen molar-refractivity contribution in [2.24, 2.45) is 5.73 Å². The Morgan fingerprint density at radius 1 is 1.07 bits per heavy atom. The quantitative estimate of drug-likeness (QED) is 0.854. The van der Waals surface area contributed by atoms with Gasteiger partial charge in [0.25, 0.3) is 0 Å². The van der Waals surface area contributed by atoms with Crippen LogP contribution >= 0.6 is 11.6 Å². The maximum absolute atomic E-state index is 12.6. The fourth-order valence-corrected chi connectivity index (χ4v) is 4.18. The monoisotopic (exact) mass is 392 g/mol. The van der Waals surface area contributed by atoms with Crippen LogP contribution in [0.25, 0.3) is 0 Å². The lowest BCUT2D eigenvalue weighted by atomic mass is 10.0. The lowest BCUT2D eigenvalue weighted by molar-refractivity contribution is -0.132. The summed E-state index contributed by atoms with van der Waals surface area (Å²) in [5, 5.41) is 0.767. The number of benzene rings is 1. The number of piperidine rings is 1. The fourth-order valence-electron chi connectivity index (χ4n) is 4.06. The second-order valence-electron chi connectivity index (χ2n) is 7.56. The Hall–Kier alpha value is -1.79. The van der Waals surface area contributed by atoms with Crippen LogP contribution in [-0.2, 0) is 11.2 Å². The normalized spacial score (nSPS) is 19.3.